The maximum Gasteiger partial charge on any atom is 0.155 e. The van der Waals surface area contributed by atoms with Gasteiger partial charge in [0, 0.05) is 0 Å². The largest absolute Gasteiger partial charge is 0.228 e. The number of rotatable bonds is 0. The lowest BCUT2D eigenvalue weighted by atomic mass is 9.80. The molecule has 0 aromatic carbocycles. The first-order chi connectivity index (χ1) is 5.66. The molecule has 0 aromatic rings. The molecule has 0 bridgehead atoms. The van der Waals surface area contributed by atoms with Crippen molar-refractivity contribution in [1.29, 1.82) is 0 Å². The molecular formula is C10H20O2S. The first-order valence-corrected chi connectivity index (χ1v) is 6.54. The summed E-state index contributed by atoms with van der Waals surface area (Å²) in [5.41, 5.74) is 0.174. The highest BCUT2D eigenvalue weighted by atomic mass is 32.2. The Hall–Kier alpha value is -0.0500. The molecule has 0 saturated carbocycles. The average molecular weight is 204 g/mol. The summed E-state index contributed by atoms with van der Waals surface area (Å²) in [6.45, 7) is 8.04. The molecule has 1 rings (SSSR count). The van der Waals surface area contributed by atoms with Crippen LogP contribution in [0.3, 0.4) is 0 Å². The van der Waals surface area contributed by atoms with Crippen LogP contribution in [0.4, 0.5) is 0 Å². The lowest BCUT2D eigenvalue weighted by molar-refractivity contribution is 0.282. The third-order valence-corrected chi connectivity index (χ3v) is 5.67. The zero-order valence-corrected chi connectivity index (χ0v) is 9.87. The molecule has 0 radical (unpaired) electrons. The second-order valence-electron chi connectivity index (χ2n) is 5.52. The Morgan fingerprint density at radius 2 is 1.62 bits per heavy atom. The van der Waals surface area contributed by atoms with Crippen LogP contribution in [0.2, 0.25) is 0 Å². The Morgan fingerprint density at radius 1 is 1.08 bits per heavy atom. The molecule has 1 aliphatic heterocycles. The van der Waals surface area contributed by atoms with Gasteiger partial charge in [-0.2, -0.15) is 0 Å². The Kier molecular flexibility index (Phi) is 2.52. The van der Waals surface area contributed by atoms with Gasteiger partial charge >= 0.3 is 0 Å². The topological polar surface area (TPSA) is 34.1 Å². The molecule has 0 N–H and O–H groups in total. The molecule has 78 valence electrons. The van der Waals surface area contributed by atoms with Gasteiger partial charge in [-0.15, -0.1) is 0 Å². The molecule has 0 atom stereocenters. The van der Waals surface area contributed by atoms with Gasteiger partial charge in [0.1, 0.15) is 0 Å². The van der Waals surface area contributed by atoms with Gasteiger partial charge in [0.15, 0.2) is 9.84 Å². The Bertz CT molecular complexity index is 286. The minimum absolute atomic E-state index is 0.174. The van der Waals surface area contributed by atoms with Crippen LogP contribution in [0.25, 0.3) is 0 Å². The van der Waals surface area contributed by atoms with E-state index in [0.717, 1.165) is 19.3 Å². The zero-order valence-electron chi connectivity index (χ0n) is 9.05. The van der Waals surface area contributed by atoms with E-state index in [4.69, 9.17) is 0 Å². The van der Waals surface area contributed by atoms with E-state index in [-0.39, 0.29) is 5.41 Å². The Labute approximate surface area is 81.6 Å². The van der Waals surface area contributed by atoms with Gasteiger partial charge in [0.05, 0.1) is 10.5 Å². The number of sulfone groups is 1. The van der Waals surface area contributed by atoms with Crippen LogP contribution in [0, 0.1) is 5.41 Å². The van der Waals surface area contributed by atoms with Crippen LogP contribution in [0.15, 0.2) is 0 Å². The molecule has 13 heavy (non-hydrogen) atoms. The van der Waals surface area contributed by atoms with Gasteiger partial charge in [0.2, 0.25) is 0 Å². The van der Waals surface area contributed by atoms with Crippen molar-refractivity contribution in [2.75, 3.05) is 5.75 Å². The van der Waals surface area contributed by atoms with Gasteiger partial charge < -0.3 is 0 Å². The van der Waals surface area contributed by atoms with Crippen molar-refractivity contribution in [2.45, 2.75) is 51.7 Å². The molecule has 2 nitrogen and oxygen atoms in total. The van der Waals surface area contributed by atoms with E-state index in [1.807, 2.05) is 13.8 Å². The molecule has 1 aliphatic rings. The Morgan fingerprint density at radius 3 is 2.15 bits per heavy atom. The zero-order chi connectivity index (χ0) is 10.3. The van der Waals surface area contributed by atoms with Crippen LogP contribution in [0.1, 0.15) is 47.0 Å². The molecule has 0 unspecified atom stereocenters. The van der Waals surface area contributed by atoms with Gasteiger partial charge in [-0.05, 0) is 38.5 Å². The van der Waals surface area contributed by atoms with E-state index in [0.29, 0.717) is 5.75 Å². The quantitative estimate of drug-likeness (QED) is 0.607. The van der Waals surface area contributed by atoms with E-state index in [9.17, 15) is 8.42 Å². The van der Waals surface area contributed by atoms with Crippen LogP contribution < -0.4 is 0 Å². The van der Waals surface area contributed by atoms with E-state index in [1.165, 1.54) is 0 Å². The van der Waals surface area contributed by atoms with Crippen LogP contribution in [-0.2, 0) is 9.84 Å². The lowest BCUT2D eigenvalue weighted by Gasteiger charge is -2.30. The molecule has 1 saturated heterocycles. The molecule has 0 aromatic heterocycles. The van der Waals surface area contributed by atoms with Crippen molar-refractivity contribution in [3.05, 3.63) is 0 Å². The van der Waals surface area contributed by atoms with Gasteiger partial charge in [-0.3, -0.25) is 0 Å². The third-order valence-electron chi connectivity index (χ3n) is 3.01. The second kappa shape index (κ2) is 2.97. The molecule has 0 aliphatic carbocycles. The smallest absolute Gasteiger partial charge is 0.155 e. The summed E-state index contributed by atoms with van der Waals surface area (Å²) in [7, 11) is -2.87. The van der Waals surface area contributed by atoms with Crippen molar-refractivity contribution >= 4 is 9.84 Å². The first-order valence-electron chi connectivity index (χ1n) is 4.89. The predicted molar refractivity (Wildman–Crippen MR) is 55.5 cm³/mol. The number of hydrogen-bond acceptors (Lipinski definition) is 2. The fraction of sp³-hybridized carbons (Fsp3) is 1.00. The second-order valence-corrected chi connectivity index (χ2v) is 8.27. The van der Waals surface area contributed by atoms with Crippen molar-refractivity contribution < 1.29 is 8.42 Å². The summed E-state index contributed by atoms with van der Waals surface area (Å²) in [6.07, 6.45) is 2.62. The van der Waals surface area contributed by atoms with Crippen LogP contribution in [0.5, 0.6) is 0 Å². The maximum absolute atomic E-state index is 11.8. The van der Waals surface area contributed by atoms with Crippen LogP contribution >= 0.6 is 0 Å². The van der Waals surface area contributed by atoms with E-state index < -0.39 is 14.6 Å². The minimum atomic E-state index is -2.87. The molecule has 1 fully saturated rings. The third kappa shape index (κ3) is 2.25. The molecular weight excluding hydrogens is 184 g/mol. The summed E-state index contributed by atoms with van der Waals surface area (Å²) in [5, 5.41) is 0. The molecule has 0 spiro atoms. The van der Waals surface area contributed by atoms with Gasteiger partial charge in [0.25, 0.3) is 0 Å². The van der Waals surface area contributed by atoms with E-state index >= 15 is 0 Å². The van der Waals surface area contributed by atoms with Crippen molar-refractivity contribution in [3.8, 4) is 0 Å². The highest BCUT2D eigenvalue weighted by Gasteiger charge is 2.41. The first kappa shape index (κ1) is 11.0. The van der Waals surface area contributed by atoms with Gasteiger partial charge in [-0.1, -0.05) is 13.8 Å². The Balaban J connectivity index is 3.03. The van der Waals surface area contributed by atoms with Crippen molar-refractivity contribution in [2.24, 2.45) is 5.41 Å². The fourth-order valence-corrected chi connectivity index (χ4v) is 4.06. The fourth-order valence-electron chi connectivity index (χ4n) is 2.37. The lowest BCUT2D eigenvalue weighted by Crippen LogP contribution is -2.35. The minimum Gasteiger partial charge on any atom is -0.228 e. The molecule has 0 amide bonds. The van der Waals surface area contributed by atoms with Crippen molar-refractivity contribution in [1.82, 2.24) is 0 Å². The summed E-state index contributed by atoms with van der Waals surface area (Å²) < 4.78 is 23.1. The maximum atomic E-state index is 11.8. The summed E-state index contributed by atoms with van der Waals surface area (Å²) in [6, 6.07) is 0. The molecule has 3 heteroatoms. The summed E-state index contributed by atoms with van der Waals surface area (Å²) in [4.78, 5) is 0. The van der Waals surface area contributed by atoms with Gasteiger partial charge in [-0.25, -0.2) is 8.42 Å². The normalized spacial score (nSPS) is 30.8. The highest BCUT2D eigenvalue weighted by molar-refractivity contribution is 7.92. The molecule has 1 heterocycles. The standard InChI is InChI=1S/C10H20O2S/c1-9(2)6-5-7-13(11,12)10(3,4)8-9/h5-8H2,1-4H3. The average Bonchev–Trinajstić information content (AvgIpc) is 1.86. The monoisotopic (exact) mass is 204 g/mol. The van der Waals surface area contributed by atoms with Crippen molar-refractivity contribution in [3.63, 3.8) is 0 Å². The van der Waals surface area contributed by atoms with E-state index in [2.05, 4.69) is 13.8 Å². The van der Waals surface area contributed by atoms with Crippen LogP contribution in [-0.4, -0.2) is 18.9 Å². The highest BCUT2D eigenvalue weighted by Crippen LogP contribution is 2.40. The summed E-state index contributed by atoms with van der Waals surface area (Å²) >= 11 is 0. The van der Waals surface area contributed by atoms with E-state index in [1.54, 1.807) is 0 Å². The number of hydrogen-bond donors (Lipinski definition) is 0. The SMILES string of the molecule is CC1(C)CCCS(=O)(=O)C(C)(C)C1. The summed E-state index contributed by atoms with van der Waals surface area (Å²) in [5.74, 6) is 0.365. The predicted octanol–water partition coefficient (Wildman–Crippen LogP) is 2.39.